The van der Waals surface area contributed by atoms with Gasteiger partial charge in [-0.3, -0.25) is 9.36 Å². The molecule has 0 aliphatic heterocycles. The highest BCUT2D eigenvalue weighted by atomic mass is 31.2. The van der Waals surface area contributed by atoms with Crippen molar-refractivity contribution < 1.29 is 37.3 Å². The molecule has 0 aromatic carbocycles. The molecular formula is C54H106NO7P. The fourth-order valence-corrected chi connectivity index (χ4v) is 8.54. The molecular weight excluding hydrogens is 806 g/mol. The molecule has 8 nitrogen and oxygen atoms in total. The Balaban J connectivity index is 4.06. The van der Waals surface area contributed by atoms with Crippen molar-refractivity contribution in [2.45, 2.75) is 264 Å². The van der Waals surface area contributed by atoms with Crippen LogP contribution < -0.4 is 4.89 Å². The number of carbonyl (C=O) groups is 1. The topological polar surface area (TPSA) is 94.1 Å². The molecule has 0 heterocycles. The number of quaternary nitrogens is 1. The third-order valence-electron chi connectivity index (χ3n) is 12.0. The highest BCUT2D eigenvalue weighted by Crippen LogP contribution is 2.38. The SMILES string of the molecule is CCCCCCC/C=C\C/C=C\CCCCCCCCCCCCCCOCC(COP(=O)([O-])OCC[N+](C)(C)C)OC(=O)CCCCCCCCCCCCCCCCCCC. The van der Waals surface area contributed by atoms with Crippen LogP contribution in [0.5, 0.6) is 0 Å². The van der Waals surface area contributed by atoms with Gasteiger partial charge < -0.3 is 27.9 Å². The van der Waals surface area contributed by atoms with E-state index in [0.29, 0.717) is 24.1 Å². The first kappa shape index (κ1) is 62.0. The maximum atomic E-state index is 12.8. The first-order valence-electron chi connectivity index (χ1n) is 27.1. The van der Waals surface area contributed by atoms with Crippen LogP contribution in [-0.4, -0.2) is 70.7 Å². The van der Waals surface area contributed by atoms with Crippen molar-refractivity contribution in [2.24, 2.45) is 0 Å². The fraction of sp³-hybridized carbons (Fsp3) is 0.907. The lowest BCUT2D eigenvalue weighted by atomic mass is 10.0. The van der Waals surface area contributed by atoms with Crippen molar-refractivity contribution in [1.29, 1.82) is 0 Å². The minimum Gasteiger partial charge on any atom is -0.756 e. The van der Waals surface area contributed by atoms with Crippen molar-refractivity contribution in [1.82, 2.24) is 0 Å². The minimum absolute atomic E-state index is 0.0286. The Morgan fingerprint density at radius 3 is 1.29 bits per heavy atom. The van der Waals surface area contributed by atoms with Gasteiger partial charge in [0.2, 0.25) is 0 Å². The van der Waals surface area contributed by atoms with Gasteiger partial charge >= 0.3 is 5.97 Å². The number of nitrogens with zero attached hydrogens (tertiary/aromatic N) is 1. The molecule has 374 valence electrons. The Bertz CT molecular complexity index is 1060. The zero-order chi connectivity index (χ0) is 46.2. The van der Waals surface area contributed by atoms with Crippen LogP contribution in [0.15, 0.2) is 24.3 Å². The molecule has 9 heteroatoms. The summed E-state index contributed by atoms with van der Waals surface area (Å²) >= 11 is 0. The number of unbranched alkanes of at least 4 members (excludes halogenated alkanes) is 33. The van der Waals surface area contributed by atoms with Crippen LogP contribution in [0.25, 0.3) is 0 Å². The summed E-state index contributed by atoms with van der Waals surface area (Å²) in [6.07, 6.45) is 56.3. The maximum Gasteiger partial charge on any atom is 0.306 e. The normalized spacial score (nSPS) is 13.7. The number of allylic oxidation sites excluding steroid dienone is 4. The lowest BCUT2D eigenvalue weighted by Gasteiger charge is -2.28. The van der Waals surface area contributed by atoms with Crippen LogP contribution in [-0.2, 0) is 27.9 Å². The number of rotatable bonds is 51. The largest absolute Gasteiger partial charge is 0.756 e. The van der Waals surface area contributed by atoms with E-state index in [9.17, 15) is 14.3 Å². The summed E-state index contributed by atoms with van der Waals surface area (Å²) in [5.74, 6) is -0.329. The third kappa shape index (κ3) is 51.8. The van der Waals surface area contributed by atoms with Gasteiger partial charge in [-0.1, -0.05) is 231 Å². The monoisotopic (exact) mass is 912 g/mol. The predicted molar refractivity (Wildman–Crippen MR) is 268 cm³/mol. The lowest BCUT2D eigenvalue weighted by molar-refractivity contribution is -0.870. The molecule has 0 fully saturated rings. The second-order valence-corrected chi connectivity index (χ2v) is 21.0. The van der Waals surface area contributed by atoms with E-state index < -0.39 is 13.9 Å². The van der Waals surface area contributed by atoms with Gasteiger partial charge in [0.05, 0.1) is 34.4 Å². The van der Waals surface area contributed by atoms with E-state index in [1.54, 1.807) is 0 Å². The molecule has 0 radical (unpaired) electrons. The van der Waals surface area contributed by atoms with Gasteiger partial charge in [-0.2, -0.15) is 0 Å². The summed E-state index contributed by atoms with van der Waals surface area (Å²) in [4.78, 5) is 25.2. The zero-order valence-electron chi connectivity index (χ0n) is 42.5. The van der Waals surface area contributed by atoms with E-state index in [4.69, 9.17) is 18.5 Å². The quantitative estimate of drug-likeness (QED) is 0.0197. The van der Waals surface area contributed by atoms with Crippen molar-refractivity contribution in [3.05, 3.63) is 24.3 Å². The van der Waals surface area contributed by atoms with E-state index in [0.717, 1.165) is 38.5 Å². The van der Waals surface area contributed by atoms with Crippen molar-refractivity contribution in [3.8, 4) is 0 Å². The van der Waals surface area contributed by atoms with Gasteiger partial charge in [0, 0.05) is 13.0 Å². The Hall–Kier alpha value is -1.02. The smallest absolute Gasteiger partial charge is 0.306 e. The number of likely N-dealkylation sites (N-methyl/N-ethyl adjacent to an activating group) is 1. The van der Waals surface area contributed by atoms with Crippen LogP contribution in [0, 0.1) is 0 Å². The number of phosphoric acid groups is 1. The predicted octanol–water partition coefficient (Wildman–Crippen LogP) is 16.1. The number of hydrogen-bond acceptors (Lipinski definition) is 7. The molecule has 0 spiro atoms. The van der Waals surface area contributed by atoms with Gasteiger partial charge in [-0.15, -0.1) is 0 Å². The van der Waals surface area contributed by atoms with E-state index >= 15 is 0 Å². The summed E-state index contributed by atoms with van der Waals surface area (Å²) in [7, 11) is 1.37. The first-order chi connectivity index (χ1) is 30.6. The number of carbonyl (C=O) groups excluding carboxylic acids is 1. The molecule has 0 saturated heterocycles. The Kier molecular flexibility index (Phi) is 46.7. The molecule has 2 unspecified atom stereocenters. The van der Waals surface area contributed by atoms with E-state index in [1.165, 1.54) is 199 Å². The summed E-state index contributed by atoms with van der Waals surface area (Å²) in [6.45, 7) is 5.46. The fourth-order valence-electron chi connectivity index (χ4n) is 7.81. The number of ether oxygens (including phenoxy) is 2. The van der Waals surface area contributed by atoms with E-state index in [-0.39, 0.29) is 25.8 Å². The second-order valence-electron chi connectivity index (χ2n) is 19.6. The lowest BCUT2D eigenvalue weighted by Crippen LogP contribution is -2.37. The molecule has 0 saturated carbocycles. The standard InChI is InChI=1S/C54H106NO7P/c1-6-8-10-12-14-16-18-20-22-24-25-26-27-28-29-30-32-34-36-38-40-42-44-46-49-59-51-53(52-61-63(57,58)60-50-48-55(3,4)5)62-54(56)47-45-43-41-39-37-35-33-31-23-21-19-17-15-13-11-9-7-2/h18,20,24-25,53H,6-17,19,21-23,26-52H2,1-5H3/b20-18-,25-24-. The molecule has 0 aromatic heterocycles. The van der Waals surface area contributed by atoms with Crippen LogP contribution >= 0.6 is 7.82 Å². The number of esters is 1. The summed E-state index contributed by atoms with van der Waals surface area (Å²) < 4.78 is 34.8. The van der Waals surface area contributed by atoms with Crippen LogP contribution in [0.1, 0.15) is 258 Å². The summed E-state index contributed by atoms with van der Waals surface area (Å²) in [6, 6.07) is 0. The van der Waals surface area contributed by atoms with Gasteiger partial charge in [-0.05, 0) is 44.9 Å². The Morgan fingerprint density at radius 1 is 0.492 bits per heavy atom. The highest BCUT2D eigenvalue weighted by Gasteiger charge is 2.20. The molecule has 0 amide bonds. The zero-order valence-corrected chi connectivity index (χ0v) is 43.4. The highest BCUT2D eigenvalue weighted by molar-refractivity contribution is 7.45. The summed E-state index contributed by atoms with van der Waals surface area (Å²) in [5, 5.41) is 0. The van der Waals surface area contributed by atoms with E-state index in [1.807, 2.05) is 21.1 Å². The van der Waals surface area contributed by atoms with Crippen molar-refractivity contribution >= 4 is 13.8 Å². The minimum atomic E-state index is -4.53. The van der Waals surface area contributed by atoms with Gasteiger partial charge in [-0.25, -0.2) is 0 Å². The molecule has 0 rings (SSSR count). The Morgan fingerprint density at radius 2 is 0.873 bits per heavy atom. The van der Waals surface area contributed by atoms with Gasteiger partial charge in [0.1, 0.15) is 19.3 Å². The number of hydrogen-bond donors (Lipinski definition) is 0. The molecule has 0 aliphatic rings. The molecule has 0 aromatic rings. The Labute approximate surface area is 392 Å². The van der Waals surface area contributed by atoms with Crippen molar-refractivity contribution in [2.75, 3.05) is 54.1 Å². The molecule has 0 N–H and O–H groups in total. The van der Waals surface area contributed by atoms with Crippen LogP contribution in [0.4, 0.5) is 0 Å². The molecule has 0 bridgehead atoms. The summed E-state index contributed by atoms with van der Waals surface area (Å²) in [5.41, 5.74) is 0. The van der Waals surface area contributed by atoms with Crippen LogP contribution in [0.2, 0.25) is 0 Å². The van der Waals surface area contributed by atoms with E-state index in [2.05, 4.69) is 38.2 Å². The third-order valence-corrected chi connectivity index (χ3v) is 13.0. The first-order valence-corrected chi connectivity index (χ1v) is 28.5. The molecule has 0 aliphatic carbocycles. The maximum absolute atomic E-state index is 12.8. The van der Waals surface area contributed by atoms with Gasteiger partial charge in [0.25, 0.3) is 7.82 Å². The van der Waals surface area contributed by atoms with Crippen LogP contribution in [0.3, 0.4) is 0 Å². The average Bonchev–Trinajstić information content (AvgIpc) is 3.24. The number of phosphoric ester groups is 1. The molecule has 63 heavy (non-hydrogen) atoms. The average molecular weight is 912 g/mol. The van der Waals surface area contributed by atoms with Gasteiger partial charge in [0.15, 0.2) is 0 Å². The van der Waals surface area contributed by atoms with Crippen molar-refractivity contribution in [3.63, 3.8) is 0 Å². The second kappa shape index (κ2) is 47.5. The molecule has 2 atom stereocenters.